The Morgan fingerprint density at radius 2 is 0.872 bits per heavy atom. The number of halogens is 8. The molecule has 5 aromatic rings. The fourth-order valence-electron chi connectivity index (χ4n) is 9.52. The number of hydrogen-bond acceptors (Lipinski definition) is 17. The lowest BCUT2D eigenvalue weighted by molar-refractivity contribution is -0.142. The van der Waals surface area contributed by atoms with Gasteiger partial charge in [-0.1, -0.05) is 0 Å². The molecular formula is C61H103Cl2F6N15O10. The second kappa shape index (κ2) is 39.7. The number of nitrogens with one attached hydrogen (secondary N) is 4. The molecule has 6 fully saturated rings. The summed E-state index contributed by atoms with van der Waals surface area (Å²) in [4.78, 5) is 34.3. The summed E-state index contributed by atoms with van der Waals surface area (Å²) in [6, 6.07) is 10.3. The minimum Gasteiger partial charge on any atom is -0.444 e. The van der Waals surface area contributed by atoms with Gasteiger partial charge in [0.1, 0.15) is 22.5 Å². The number of carbonyl (C=O) groups excluding carboxylic acids is 3. The lowest BCUT2D eigenvalue weighted by Gasteiger charge is -2.36. The van der Waals surface area contributed by atoms with E-state index in [1.54, 1.807) is 5.10 Å². The predicted octanol–water partition coefficient (Wildman–Crippen LogP) is 10.6. The number of aliphatic hydroxyl groups excluding tert-OH is 3. The van der Waals surface area contributed by atoms with Gasteiger partial charge in [-0.05, 0) is 190 Å². The van der Waals surface area contributed by atoms with Gasteiger partial charge in [0.2, 0.25) is 0 Å². The van der Waals surface area contributed by atoms with Crippen LogP contribution in [0.4, 0.5) is 40.7 Å². The largest absolute Gasteiger partial charge is 0.444 e. The van der Waals surface area contributed by atoms with Crippen molar-refractivity contribution in [2.24, 2.45) is 11.5 Å². The van der Waals surface area contributed by atoms with E-state index in [0.717, 1.165) is 95.7 Å². The molecule has 0 radical (unpaired) electrons. The molecule has 1 aliphatic heterocycles. The van der Waals surface area contributed by atoms with Gasteiger partial charge in [0, 0.05) is 106 Å². The highest BCUT2D eigenvalue weighted by Crippen LogP contribution is 2.36. The van der Waals surface area contributed by atoms with Crippen molar-refractivity contribution >= 4 is 43.1 Å². The number of aromatic amines is 1. The van der Waals surface area contributed by atoms with Gasteiger partial charge in [-0.2, -0.15) is 51.8 Å². The van der Waals surface area contributed by atoms with Crippen LogP contribution in [0.3, 0.4) is 0 Å². The molecule has 0 bridgehead atoms. The normalized spacial score (nSPS) is 22.9. The Bertz CT molecular complexity index is 2790. The molecule has 6 aliphatic rings. The molecule has 94 heavy (non-hydrogen) atoms. The first-order valence-electron chi connectivity index (χ1n) is 30.8. The maximum absolute atomic E-state index is 12.2. The van der Waals surface area contributed by atoms with Gasteiger partial charge in [-0.15, -0.1) is 24.8 Å². The van der Waals surface area contributed by atoms with Gasteiger partial charge < -0.3 is 61.7 Å². The third-order valence-corrected chi connectivity index (χ3v) is 14.3. The smallest absolute Gasteiger partial charge is 0.435 e. The van der Waals surface area contributed by atoms with Crippen molar-refractivity contribution < 1.29 is 75.0 Å². The number of alkyl carbamates (subject to hydrolysis) is 3. The van der Waals surface area contributed by atoms with Crippen molar-refractivity contribution in [3.05, 3.63) is 89.8 Å². The Morgan fingerprint density at radius 3 is 1.11 bits per heavy atom. The van der Waals surface area contributed by atoms with Gasteiger partial charge in [0.05, 0.1) is 30.3 Å². The standard InChI is InChI=1S/2C13H21N3O2.C9H17NO3.C8H10F3N3.C8H13N3.C4H3F3N2.C4H8O.2CH4O.2ClH/c2*1-9-5-6-14-16(9)11-7-10(8-11)15-12(17)18-13(2,3)4;1-9(2,3)13-8(12)10-6-4-7(11)5-6;9-8(10,11)7-1-2-14(13-7)6-3-5(12)4-6;1-6-2-3-10-11(6)8-4-7(9)5-8;5-4(6,7)3-1-2-8-9-3;1-2-4-5-3-1;2*1-2;;/h2*5-6,10-11H,7-8H2,1-4H3,(H,15,17);6-7,11H,4-5H2,1-3H3,(H,10,12);1-2,5-6H,3-4,12H2;2-3,7-8H,4-5,9H2,1H3;1-2H,(H,8,9);1-4H2;2*2H,1H3;2*1H. The van der Waals surface area contributed by atoms with Gasteiger partial charge >= 0.3 is 30.6 Å². The average Bonchev–Trinajstić information content (AvgIpc) is 1.34. The number of rotatable bonds is 7. The van der Waals surface area contributed by atoms with E-state index in [9.17, 15) is 40.7 Å². The number of hydrogen-bond donors (Lipinski definition) is 9. The first kappa shape index (κ1) is 85.8. The number of aliphatic hydroxyl groups is 3. The lowest BCUT2D eigenvalue weighted by atomic mass is 9.87. The molecular weight excluding hydrogens is 1290 g/mol. The fourth-order valence-corrected chi connectivity index (χ4v) is 9.52. The maximum atomic E-state index is 12.2. The molecule has 5 aliphatic carbocycles. The van der Waals surface area contributed by atoms with E-state index in [-0.39, 0.29) is 73.3 Å². The Balaban J connectivity index is 0.000000553. The second-order valence-electron chi connectivity index (χ2n) is 25.9. The molecule has 0 unspecified atom stereocenters. The molecule has 6 heterocycles. The van der Waals surface area contributed by atoms with Crippen LogP contribution in [0.15, 0.2) is 61.3 Å². The predicted molar refractivity (Wildman–Crippen MR) is 346 cm³/mol. The number of nitrogens with zero attached hydrogens (tertiary/aromatic N) is 9. The third-order valence-electron chi connectivity index (χ3n) is 14.3. The number of carbonyl (C=O) groups is 3. The average molecular weight is 1390 g/mol. The molecule has 33 heteroatoms. The quantitative estimate of drug-likeness (QED) is 0.0540. The highest BCUT2D eigenvalue weighted by atomic mass is 35.5. The zero-order chi connectivity index (χ0) is 69.4. The van der Waals surface area contributed by atoms with Crippen LogP contribution in [0.2, 0.25) is 0 Å². The van der Waals surface area contributed by atoms with E-state index < -0.39 is 46.6 Å². The minimum absolute atomic E-state index is 0. The minimum atomic E-state index is -4.35. The summed E-state index contributed by atoms with van der Waals surface area (Å²) in [5.74, 6) is 0. The highest BCUT2D eigenvalue weighted by molar-refractivity contribution is 5.85. The van der Waals surface area contributed by atoms with E-state index in [1.807, 2.05) is 122 Å². The second-order valence-corrected chi connectivity index (χ2v) is 25.9. The first-order valence-corrected chi connectivity index (χ1v) is 30.8. The number of ether oxygens (including phenoxy) is 4. The molecule has 0 aromatic carbocycles. The van der Waals surface area contributed by atoms with Gasteiger partial charge in [0.25, 0.3) is 0 Å². The maximum Gasteiger partial charge on any atom is 0.435 e. The summed E-state index contributed by atoms with van der Waals surface area (Å²) in [5, 5.41) is 52.6. The van der Waals surface area contributed by atoms with Crippen molar-refractivity contribution in [2.75, 3.05) is 27.4 Å². The molecule has 25 nitrogen and oxygen atoms in total. The fraction of sp³-hybridized carbons (Fsp3) is 0.705. The number of alkyl halides is 6. The molecule has 5 saturated carbocycles. The van der Waals surface area contributed by atoms with Crippen LogP contribution in [-0.2, 0) is 31.3 Å². The first-order chi connectivity index (χ1) is 42.9. The number of aromatic nitrogens is 10. The molecule has 1 saturated heterocycles. The van der Waals surface area contributed by atoms with Crippen molar-refractivity contribution in [1.82, 2.24) is 65.3 Å². The summed E-state index contributed by atoms with van der Waals surface area (Å²) in [6.45, 7) is 24.8. The van der Waals surface area contributed by atoms with Crippen LogP contribution in [0.25, 0.3) is 0 Å². The van der Waals surface area contributed by atoms with Crippen LogP contribution in [-0.4, -0.2) is 163 Å². The molecule has 0 atom stereocenters. The molecule has 11 rings (SSSR count). The summed E-state index contributed by atoms with van der Waals surface area (Å²) in [7, 11) is 2.00. The topological polar surface area (TPSA) is 337 Å². The Labute approximate surface area is 559 Å². The zero-order valence-electron chi connectivity index (χ0n) is 56.4. The number of amides is 3. The third kappa shape index (κ3) is 31.6. The Morgan fingerprint density at radius 1 is 0.532 bits per heavy atom. The van der Waals surface area contributed by atoms with Crippen LogP contribution < -0.4 is 27.4 Å². The van der Waals surface area contributed by atoms with Crippen LogP contribution >= 0.6 is 24.8 Å². The van der Waals surface area contributed by atoms with E-state index in [0.29, 0.717) is 49.9 Å². The Kier molecular flexibility index (Phi) is 36.3. The van der Waals surface area contributed by atoms with Crippen LogP contribution in [0.1, 0.15) is 192 Å². The zero-order valence-corrected chi connectivity index (χ0v) is 58.0. The highest BCUT2D eigenvalue weighted by Gasteiger charge is 2.38. The van der Waals surface area contributed by atoms with Crippen molar-refractivity contribution in [3.63, 3.8) is 0 Å². The monoisotopic (exact) mass is 1390 g/mol. The summed E-state index contributed by atoms with van der Waals surface area (Å²) in [5.41, 5.74) is 11.8. The van der Waals surface area contributed by atoms with Crippen molar-refractivity contribution in [1.29, 1.82) is 0 Å². The van der Waals surface area contributed by atoms with Crippen molar-refractivity contribution in [2.45, 2.75) is 250 Å². The molecule has 5 aromatic heterocycles. The van der Waals surface area contributed by atoms with Crippen LogP contribution in [0, 0.1) is 20.8 Å². The Hall–Kier alpha value is -6.22. The van der Waals surface area contributed by atoms with Crippen LogP contribution in [0.5, 0.6) is 0 Å². The molecule has 0 spiro atoms. The summed E-state index contributed by atoms with van der Waals surface area (Å²) < 4.78 is 99.0. The van der Waals surface area contributed by atoms with Gasteiger partial charge in [-0.3, -0.25) is 23.8 Å². The van der Waals surface area contributed by atoms with E-state index in [4.69, 9.17) is 45.7 Å². The molecule has 11 N–H and O–H groups in total. The number of nitrogens with two attached hydrogens (primary N) is 2. The number of H-pyrrole nitrogens is 1. The van der Waals surface area contributed by atoms with Gasteiger partial charge in [0.15, 0.2) is 5.69 Å². The number of aryl methyl sites for hydroxylation is 3. The SMILES string of the molecule is C1CCOC1.CC(C)(C)OC(=O)NC1CC(O)C1.CO.CO.Cc1ccnn1C1CC(N)C1.Cc1ccnn1C1CC(NC(=O)OC(C)(C)C)C1.Cc1ccnn1C1CC(NC(=O)OC(C)(C)C)C1.Cl.Cl.FC(F)(F)c1ccn[nH]1.NC1CC(n2ccc(C(F)(F)F)n2)C1. The molecule has 538 valence electrons. The van der Waals surface area contributed by atoms with Gasteiger partial charge in [-0.25, -0.2) is 14.4 Å². The van der Waals surface area contributed by atoms with E-state index in [2.05, 4.69) is 53.0 Å². The van der Waals surface area contributed by atoms with E-state index >= 15 is 0 Å². The summed E-state index contributed by atoms with van der Waals surface area (Å²) in [6.07, 6.45) is 9.02. The lowest BCUT2D eigenvalue weighted by Crippen LogP contribution is -2.48. The summed E-state index contributed by atoms with van der Waals surface area (Å²) >= 11 is 0. The van der Waals surface area contributed by atoms with Crippen molar-refractivity contribution in [3.8, 4) is 0 Å². The van der Waals surface area contributed by atoms with E-state index in [1.165, 1.54) is 29.4 Å². The molecule has 3 amide bonds.